The maximum atomic E-state index is 12.6. The lowest BCUT2D eigenvalue weighted by molar-refractivity contribution is 0.596. The van der Waals surface area contributed by atoms with Crippen molar-refractivity contribution in [1.82, 2.24) is 9.78 Å². The molecule has 2 aromatic rings. The Morgan fingerprint density at radius 3 is 2.50 bits per heavy atom. The number of nitrogens with zero attached hydrogens (tertiary/aromatic N) is 2. The van der Waals surface area contributed by atoms with Crippen LogP contribution < -0.4 is 11.5 Å². The van der Waals surface area contributed by atoms with Crippen molar-refractivity contribution in [1.29, 1.82) is 0 Å². The van der Waals surface area contributed by atoms with Crippen LogP contribution in [0.5, 0.6) is 0 Å². The number of aromatic nitrogens is 2. The molecule has 1 aromatic heterocycles. The Morgan fingerprint density at radius 2 is 2.00 bits per heavy atom. The van der Waals surface area contributed by atoms with Gasteiger partial charge in [-0.15, -0.1) is 0 Å². The maximum absolute atomic E-state index is 12.6. The minimum atomic E-state index is -3.78. The summed E-state index contributed by atoms with van der Waals surface area (Å²) in [5, 5.41) is 4.30. The second kappa shape index (κ2) is 4.99. The fourth-order valence-corrected chi connectivity index (χ4v) is 3.76. The van der Waals surface area contributed by atoms with E-state index in [2.05, 4.69) is 5.10 Å². The average molecular weight is 315 g/mol. The number of anilines is 2. The lowest BCUT2D eigenvalue weighted by Crippen LogP contribution is -2.08. The van der Waals surface area contributed by atoms with Crippen molar-refractivity contribution in [2.75, 3.05) is 11.5 Å². The molecule has 0 amide bonds. The highest BCUT2D eigenvalue weighted by Crippen LogP contribution is 2.31. The molecule has 8 heteroatoms. The quantitative estimate of drug-likeness (QED) is 0.841. The van der Waals surface area contributed by atoms with Crippen LogP contribution in [0.1, 0.15) is 12.6 Å². The smallest absolute Gasteiger partial charge is 0.212 e. The van der Waals surface area contributed by atoms with Crippen molar-refractivity contribution in [2.45, 2.75) is 30.2 Å². The summed E-state index contributed by atoms with van der Waals surface area (Å²) in [5.41, 5.74) is 12.1. The van der Waals surface area contributed by atoms with Gasteiger partial charge in [-0.1, -0.05) is 11.6 Å². The van der Waals surface area contributed by atoms with Crippen LogP contribution in [-0.2, 0) is 16.4 Å². The maximum Gasteiger partial charge on any atom is 0.212 e. The zero-order valence-corrected chi connectivity index (χ0v) is 12.7. The van der Waals surface area contributed by atoms with E-state index in [-0.39, 0.29) is 20.6 Å². The van der Waals surface area contributed by atoms with E-state index in [0.717, 1.165) is 0 Å². The lowest BCUT2D eigenvalue weighted by Gasteiger charge is -2.07. The number of sulfone groups is 1. The van der Waals surface area contributed by atoms with Gasteiger partial charge in [-0.3, -0.25) is 0 Å². The molecule has 0 fully saturated rings. The number of aryl methyl sites for hydroxylation is 2. The zero-order chi connectivity index (χ0) is 15.1. The van der Waals surface area contributed by atoms with Crippen molar-refractivity contribution in [3.8, 4) is 0 Å². The SMILES string of the molecule is CCn1nc(C)c(S(=O)(=O)c2ccc(N)c(Cl)c2)c1N. The van der Waals surface area contributed by atoms with Crippen LogP contribution in [0.15, 0.2) is 28.0 Å². The molecule has 0 spiro atoms. The highest BCUT2D eigenvalue weighted by Gasteiger charge is 2.27. The molecule has 0 unspecified atom stereocenters. The summed E-state index contributed by atoms with van der Waals surface area (Å²) in [6.45, 7) is 3.93. The summed E-state index contributed by atoms with van der Waals surface area (Å²) >= 11 is 5.88. The third-order valence-corrected chi connectivity index (χ3v) is 5.20. The third kappa shape index (κ3) is 2.23. The topological polar surface area (TPSA) is 104 Å². The van der Waals surface area contributed by atoms with Crippen LogP contribution in [0.3, 0.4) is 0 Å². The van der Waals surface area contributed by atoms with Crippen LogP contribution in [0.25, 0.3) is 0 Å². The van der Waals surface area contributed by atoms with E-state index in [9.17, 15) is 8.42 Å². The predicted octanol–water partition coefficient (Wildman–Crippen LogP) is 1.86. The molecule has 108 valence electrons. The Hall–Kier alpha value is -1.73. The van der Waals surface area contributed by atoms with E-state index in [0.29, 0.717) is 17.9 Å². The van der Waals surface area contributed by atoms with Gasteiger partial charge < -0.3 is 11.5 Å². The first-order valence-electron chi connectivity index (χ1n) is 5.92. The van der Waals surface area contributed by atoms with E-state index >= 15 is 0 Å². The van der Waals surface area contributed by atoms with Gasteiger partial charge in [0.05, 0.1) is 21.3 Å². The van der Waals surface area contributed by atoms with Crippen LogP contribution in [0, 0.1) is 6.92 Å². The molecule has 1 heterocycles. The normalized spacial score (nSPS) is 11.8. The fourth-order valence-electron chi connectivity index (χ4n) is 1.95. The summed E-state index contributed by atoms with van der Waals surface area (Å²) in [4.78, 5) is 0.0577. The summed E-state index contributed by atoms with van der Waals surface area (Å²) in [6.07, 6.45) is 0. The molecule has 1 aromatic carbocycles. The molecule has 20 heavy (non-hydrogen) atoms. The molecule has 0 aliphatic carbocycles. The van der Waals surface area contributed by atoms with Gasteiger partial charge in [-0.05, 0) is 32.0 Å². The van der Waals surface area contributed by atoms with Gasteiger partial charge in [0.1, 0.15) is 10.7 Å². The molecular formula is C12H15ClN4O2S. The van der Waals surface area contributed by atoms with Gasteiger partial charge >= 0.3 is 0 Å². The number of benzene rings is 1. The van der Waals surface area contributed by atoms with Gasteiger partial charge in [0.25, 0.3) is 0 Å². The Bertz CT molecular complexity index is 768. The molecular weight excluding hydrogens is 300 g/mol. The monoisotopic (exact) mass is 314 g/mol. The summed E-state index contributed by atoms with van der Waals surface area (Å²) in [7, 11) is -3.78. The Morgan fingerprint density at radius 1 is 1.35 bits per heavy atom. The standard InChI is InChI=1S/C12H15ClN4O2S/c1-3-17-12(15)11(7(2)16-17)20(18,19)8-4-5-10(14)9(13)6-8/h4-6H,3,14-15H2,1-2H3. The average Bonchev–Trinajstić information content (AvgIpc) is 2.67. The molecule has 0 saturated heterocycles. The second-order valence-electron chi connectivity index (χ2n) is 4.30. The molecule has 0 saturated carbocycles. The van der Waals surface area contributed by atoms with Crippen molar-refractivity contribution in [3.63, 3.8) is 0 Å². The molecule has 4 N–H and O–H groups in total. The predicted molar refractivity (Wildman–Crippen MR) is 78.4 cm³/mol. The first kappa shape index (κ1) is 14.7. The van der Waals surface area contributed by atoms with Crippen molar-refractivity contribution < 1.29 is 8.42 Å². The van der Waals surface area contributed by atoms with Gasteiger partial charge in [-0.2, -0.15) is 5.10 Å². The van der Waals surface area contributed by atoms with Gasteiger partial charge in [-0.25, -0.2) is 13.1 Å². The van der Waals surface area contributed by atoms with Crippen molar-refractivity contribution in [3.05, 3.63) is 28.9 Å². The Balaban J connectivity index is 2.67. The van der Waals surface area contributed by atoms with Crippen molar-refractivity contribution in [2.24, 2.45) is 0 Å². The highest BCUT2D eigenvalue weighted by molar-refractivity contribution is 7.91. The molecule has 0 atom stereocenters. The van der Waals surface area contributed by atoms with Gasteiger partial charge in [0.2, 0.25) is 9.84 Å². The van der Waals surface area contributed by atoms with E-state index < -0.39 is 9.84 Å². The van der Waals surface area contributed by atoms with Crippen molar-refractivity contribution >= 4 is 32.9 Å². The molecule has 2 rings (SSSR count). The number of halogens is 1. The third-order valence-electron chi connectivity index (χ3n) is 2.96. The number of nitrogens with two attached hydrogens (primary N) is 2. The van der Waals surface area contributed by atoms with E-state index in [1.165, 1.54) is 22.9 Å². The lowest BCUT2D eigenvalue weighted by atomic mass is 10.3. The number of hydrogen-bond donors (Lipinski definition) is 2. The van der Waals surface area contributed by atoms with E-state index in [1.54, 1.807) is 6.92 Å². The fraction of sp³-hybridized carbons (Fsp3) is 0.250. The van der Waals surface area contributed by atoms with Crippen LogP contribution in [-0.4, -0.2) is 18.2 Å². The van der Waals surface area contributed by atoms with Crippen LogP contribution >= 0.6 is 11.6 Å². The molecule has 0 bridgehead atoms. The molecule has 0 aliphatic heterocycles. The van der Waals surface area contributed by atoms with E-state index in [4.69, 9.17) is 23.1 Å². The van der Waals surface area contributed by atoms with Gasteiger partial charge in [0, 0.05) is 6.54 Å². The first-order valence-corrected chi connectivity index (χ1v) is 7.78. The Kier molecular flexibility index (Phi) is 3.66. The largest absolute Gasteiger partial charge is 0.398 e. The molecule has 0 radical (unpaired) electrons. The van der Waals surface area contributed by atoms with E-state index in [1.807, 2.05) is 6.92 Å². The molecule has 0 aliphatic rings. The van der Waals surface area contributed by atoms with Crippen LogP contribution in [0.4, 0.5) is 11.5 Å². The van der Waals surface area contributed by atoms with Gasteiger partial charge in [0.15, 0.2) is 0 Å². The summed E-state index contributed by atoms with van der Waals surface area (Å²) in [6, 6.07) is 4.16. The minimum absolute atomic E-state index is 0.0141. The number of nitrogen functional groups attached to an aromatic ring is 2. The summed E-state index contributed by atoms with van der Waals surface area (Å²) < 4.78 is 26.7. The second-order valence-corrected chi connectivity index (χ2v) is 6.60. The van der Waals surface area contributed by atoms with Crippen LogP contribution in [0.2, 0.25) is 5.02 Å². The summed E-state index contributed by atoms with van der Waals surface area (Å²) in [5.74, 6) is 0.123. The minimum Gasteiger partial charge on any atom is -0.398 e. The number of hydrogen-bond acceptors (Lipinski definition) is 5. The first-order chi connectivity index (χ1) is 9.28. The highest BCUT2D eigenvalue weighted by atomic mass is 35.5. The zero-order valence-electron chi connectivity index (χ0n) is 11.1. The Labute approximate surface area is 122 Å². The number of rotatable bonds is 3. The molecule has 6 nitrogen and oxygen atoms in total.